The first-order valence-corrected chi connectivity index (χ1v) is 8.41. The average molecular weight is 383 g/mol. The first kappa shape index (κ1) is 19.1. The van der Waals surface area contributed by atoms with Crippen LogP contribution in [0.1, 0.15) is 12.0 Å². The molecule has 2 rings (SSSR count). The van der Waals surface area contributed by atoms with Gasteiger partial charge in [0.05, 0.1) is 32.7 Å². The number of aliphatic carboxylic acids is 1. The van der Waals surface area contributed by atoms with Crippen LogP contribution < -0.4 is 14.2 Å². The summed E-state index contributed by atoms with van der Waals surface area (Å²) < 4.78 is 16.2. The molecule has 1 heterocycles. The van der Waals surface area contributed by atoms with E-state index >= 15 is 0 Å². The molecule has 0 radical (unpaired) electrons. The van der Waals surface area contributed by atoms with Gasteiger partial charge < -0.3 is 19.3 Å². The predicted molar refractivity (Wildman–Crippen MR) is 98.2 cm³/mol. The second-order valence-electron chi connectivity index (χ2n) is 4.93. The molecule has 1 aromatic carbocycles. The van der Waals surface area contributed by atoms with Gasteiger partial charge in [-0.25, -0.2) is 0 Å². The molecule has 1 aromatic rings. The first-order valence-electron chi connectivity index (χ1n) is 7.18. The van der Waals surface area contributed by atoms with E-state index in [1.54, 1.807) is 18.2 Å². The second kappa shape index (κ2) is 8.21. The van der Waals surface area contributed by atoms with Crippen LogP contribution in [-0.4, -0.2) is 54.1 Å². The molecule has 1 aliphatic heterocycles. The van der Waals surface area contributed by atoms with E-state index in [1.165, 1.54) is 26.2 Å². The molecule has 0 saturated carbocycles. The van der Waals surface area contributed by atoms with Gasteiger partial charge in [-0.1, -0.05) is 24.0 Å². The van der Waals surface area contributed by atoms with E-state index in [9.17, 15) is 9.59 Å². The second-order valence-corrected chi connectivity index (χ2v) is 6.60. The van der Waals surface area contributed by atoms with Gasteiger partial charge in [0.2, 0.25) is 0 Å². The number of carboxylic acid groups (broad SMARTS) is 1. The fraction of sp³-hybridized carbons (Fsp3) is 0.312. The van der Waals surface area contributed by atoms with Crippen LogP contribution in [0, 0.1) is 0 Å². The number of hydrogen-bond donors (Lipinski definition) is 1. The smallest absolute Gasteiger partial charge is 0.305 e. The topological polar surface area (TPSA) is 85.3 Å². The Kier molecular flexibility index (Phi) is 6.27. The molecule has 9 heteroatoms. The molecule has 0 unspecified atom stereocenters. The van der Waals surface area contributed by atoms with E-state index in [4.69, 9.17) is 31.5 Å². The highest BCUT2D eigenvalue weighted by molar-refractivity contribution is 8.26. The number of hydrogen-bond acceptors (Lipinski definition) is 7. The van der Waals surface area contributed by atoms with Crippen LogP contribution in [0.25, 0.3) is 6.08 Å². The Hall–Kier alpha value is -2.26. The van der Waals surface area contributed by atoms with E-state index < -0.39 is 5.97 Å². The molecular weight excluding hydrogens is 366 g/mol. The molecule has 0 aromatic heterocycles. The number of nitrogens with zero attached hydrogens (tertiary/aromatic N) is 1. The van der Waals surface area contributed by atoms with Gasteiger partial charge in [-0.3, -0.25) is 14.5 Å². The third-order valence-corrected chi connectivity index (χ3v) is 4.82. The monoisotopic (exact) mass is 383 g/mol. The maximum absolute atomic E-state index is 12.5. The Morgan fingerprint density at radius 1 is 1.20 bits per heavy atom. The molecule has 0 spiro atoms. The number of thiocarbonyl (C=S) groups is 1. The van der Waals surface area contributed by atoms with Crippen LogP contribution in [0.2, 0.25) is 0 Å². The number of carbonyl (C=O) groups excluding carboxylic acids is 1. The highest BCUT2D eigenvalue weighted by atomic mass is 32.2. The Balaban J connectivity index is 2.35. The van der Waals surface area contributed by atoms with Gasteiger partial charge >= 0.3 is 5.97 Å². The minimum absolute atomic E-state index is 0.0421. The highest BCUT2D eigenvalue weighted by Crippen LogP contribution is 2.38. The molecule has 0 atom stereocenters. The lowest BCUT2D eigenvalue weighted by molar-refractivity contribution is -0.137. The van der Waals surface area contributed by atoms with E-state index in [-0.39, 0.29) is 18.9 Å². The number of amides is 1. The fourth-order valence-electron chi connectivity index (χ4n) is 2.21. The first-order chi connectivity index (χ1) is 11.9. The number of rotatable bonds is 7. The molecular formula is C16H17NO6S2. The maximum atomic E-state index is 12.5. The average Bonchev–Trinajstić information content (AvgIpc) is 2.85. The zero-order valence-electron chi connectivity index (χ0n) is 13.9. The Bertz CT molecular complexity index is 746. The number of ether oxygens (including phenoxy) is 3. The van der Waals surface area contributed by atoms with Crippen LogP contribution in [0.5, 0.6) is 17.2 Å². The predicted octanol–water partition coefficient (Wildman–Crippen LogP) is 2.39. The molecule has 1 saturated heterocycles. The summed E-state index contributed by atoms with van der Waals surface area (Å²) in [6.45, 7) is 0.0421. The number of thioether (sulfide) groups is 1. The Morgan fingerprint density at radius 3 is 2.36 bits per heavy atom. The third-order valence-electron chi connectivity index (χ3n) is 3.45. The summed E-state index contributed by atoms with van der Waals surface area (Å²) in [6.07, 6.45) is 1.47. The van der Waals surface area contributed by atoms with Crippen LogP contribution in [0.15, 0.2) is 17.0 Å². The lowest BCUT2D eigenvalue weighted by Crippen LogP contribution is -2.30. The quantitative estimate of drug-likeness (QED) is 0.567. The zero-order chi connectivity index (χ0) is 18.6. The molecule has 25 heavy (non-hydrogen) atoms. The van der Waals surface area contributed by atoms with E-state index in [0.717, 1.165) is 11.8 Å². The van der Waals surface area contributed by atoms with Crippen molar-refractivity contribution in [2.45, 2.75) is 6.42 Å². The van der Waals surface area contributed by atoms with Gasteiger partial charge in [0.1, 0.15) is 10.1 Å². The number of carboxylic acids is 1. The lowest BCUT2D eigenvalue weighted by atomic mass is 10.1. The van der Waals surface area contributed by atoms with Crippen LogP contribution in [-0.2, 0) is 9.59 Å². The maximum Gasteiger partial charge on any atom is 0.305 e. The number of methoxy groups -OCH3 is 3. The SMILES string of the molecule is COc1cc(OC)c(OC)cc1C=C1SC(=S)N(CCC(=O)O)C1=O. The minimum Gasteiger partial charge on any atom is -0.496 e. The summed E-state index contributed by atoms with van der Waals surface area (Å²) in [4.78, 5) is 24.9. The van der Waals surface area contributed by atoms with Gasteiger partial charge in [-0.05, 0) is 12.1 Å². The molecule has 0 aliphatic carbocycles. The standard InChI is InChI=1S/C16H17NO6S2/c1-21-10-8-12(23-3)11(22-2)6-9(10)7-13-15(20)17(16(24)25-13)5-4-14(18)19/h6-8H,4-5H2,1-3H3,(H,18,19). The van der Waals surface area contributed by atoms with E-state index in [0.29, 0.717) is 32.0 Å². The molecule has 1 aliphatic rings. The highest BCUT2D eigenvalue weighted by Gasteiger charge is 2.32. The van der Waals surface area contributed by atoms with Crippen molar-refractivity contribution in [3.05, 3.63) is 22.6 Å². The van der Waals surface area contributed by atoms with E-state index in [2.05, 4.69) is 0 Å². The minimum atomic E-state index is -0.986. The largest absolute Gasteiger partial charge is 0.496 e. The Labute approximate surface area is 154 Å². The van der Waals surface area contributed by atoms with Crippen molar-refractivity contribution in [2.75, 3.05) is 27.9 Å². The summed E-state index contributed by atoms with van der Waals surface area (Å²) in [7, 11) is 4.54. The summed E-state index contributed by atoms with van der Waals surface area (Å²) in [6, 6.07) is 3.36. The van der Waals surface area contributed by atoms with Crippen molar-refractivity contribution in [3.8, 4) is 17.2 Å². The molecule has 1 fully saturated rings. The summed E-state index contributed by atoms with van der Waals surface area (Å²) in [5, 5.41) is 8.78. The molecule has 7 nitrogen and oxygen atoms in total. The summed E-state index contributed by atoms with van der Waals surface area (Å²) in [5.74, 6) is 0.197. The summed E-state index contributed by atoms with van der Waals surface area (Å²) in [5.41, 5.74) is 0.624. The fourth-order valence-corrected chi connectivity index (χ4v) is 3.51. The number of carbonyl (C=O) groups is 2. The van der Waals surface area contributed by atoms with Crippen molar-refractivity contribution in [2.24, 2.45) is 0 Å². The van der Waals surface area contributed by atoms with Crippen LogP contribution in [0.3, 0.4) is 0 Å². The van der Waals surface area contributed by atoms with Crippen molar-refractivity contribution in [1.29, 1.82) is 0 Å². The van der Waals surface area contributed by atoms with Gasteiger partial charge in [0.25, 0.3) is 5.91 Å². The van der Waals surface area contributed by atoms with Crippen molar-refractivity contribution in [1.82, 2.24) is 4.90 Å². The van der Waals surface area contributed by atoms with Gasteiger partial charge in [0, 0.05) is 18.2 Å². The zero-order valence-corrected chi connectivity index (χ0v) is 15.5. The molecule has 1 N–H and O–H groups in total. The third kappa shape index (κ3) is 4.23. The Morgan fingerprint density at radius 2 is 1.80 bits per heavy atom. The summed E-state index contributed by atoms with van der Waals surface area (Å²) >= 11 is 6.29. The van der Waals surface area contributed by atoms with Crippen LogP contribution >= 0.6 is 24.0 Å². The van der Waals surface area contributed by atoms with Gasteiger partial charge in [-0.2, -0.15) is 0 Å². The van der Waals surface area contributed by atoms with Gasteiger partial charge in [-0.15, -0.1) is 0 Å². The van der Waals surface area contributed by atoms with Crippen molar-refractivity contribution in [3.63, 3.8) is 0 Å². The van der Waals surface area contributed by atoms with Crippen molar-refractivity contribution < 1.29 is 28.9 Å². The number of benzene rings is 1. The van der Waals surface area contributed by atoms with Crippen molar-refractivity contribution >= 4 is 46.3 Å². The molecule has 134 valence electrons. The molecule has 0 bridgehead atoms. The normalized spacial score (nSPS) is 15.6. The van der Waals surface area contributed by atoms with Gasteiger partial charge in [0.15, 0.2) is 11.5 Å². The lowest BCUT2D eigenvalue weighted by Gasteiger charge is -2.13. The molecule has 1 amide bonds. The van der Waals surface area contributed by atoms with Crippen LogP contribution in [0.4, 0.5) is 0 Å². The van der Waals surface area contributed by atoms with E-state index in [1.807, 2.05) is 0 Å².